The highest BCUT2D eigenvalue weighted by Crippen LogP contribution is 2.34. The number of rotatable bonds is 2. The number of morpholine rings is 1. The molecule has 0 bridgehead atoms. The van der Waals surface area contributed by atoms with Crippen LogP contribution in [0.25, 0.3) is 21.4 Å². The second-order valence-electron chi connectivity index (χ2n) is 5.10. The lowest BCUT2D eigenvalue weighted by molar-refractivity contribution is 0.121. The molecule has 0 saturated carbocycles. The lowest BCUT2D eigenvalue weighted by atomic mass is 10.1. The van der Waals surface area contributed by atoms with Crippen LogP contribution in [0.4, 0.5) is 5.88 Å². The zero-order valence-electron chi connectivity index (χ0n) is 13.8. The van der Waals surface area contributed by atoms with Crippen molar-refractivity contribution in [2.24, 2.45) is 0 Å². The van der Waals surface area contributed by atoms with Crippen molar-refractivity contribution in [3.8, 4) is 11.1 Å². The Bertz CT molecular complexity index is 852. The van der Waals surface area contributed by atoms with E-state index < -0.39 is 0 Å². The van der Waals surface area contributed by atoms with E-state index in [2.05, 4.69) is 9.88 Å². The Morgan fingerprint density at radius 2 is 2.04 bits per heavy atom. The topological polar surface area (TPSA) is 55.6 Å². The molecular weight excluding hydrogens is 324 g/mol. The minimum atomic E-state index is 0.00267. The standard InChI is InChI=1S/C16H14N2O3S.C2H6/c19-13-8-14(18-4-6-20-7-5-18)21-15-12(10-22-16(13)15)11-2-1-3-17-9-11;1-2/h1-3,8-10H,4-7H2;1-2H3. The molecule has 0 aromatic carbocycles. The quantitative estimate of drug-likeness (QED) is 0.708. The van der Waals surface area contributed by atoms with Crippen LogP contribution < -0.4 is 10.3 Å². The molecule has 4 rings (SSSR count). The highest BCUT2D eigenvalue weighted by molar-refractivity contribution is 7.17. The van der Waals surface area contributed by atoms with E-state index in [0.717, 1.165) is 24.2 Å². The minimum Gasteiger partial charge on any atom is -0.439 e. The second-order valence-corrected chi connectivity index (χ2v) is 5.98. The van der Waals surface area contributed by atoms with Gasteiger partial charge in [0.2, 0.25) is 5.43 Å². The molecule has 3 aromatic heterocycles. The van der Waals surface area contributed by atoms with Gasteiger partial charge in [0.05, 0.1) is 13.2 Å². The molecule has 0 radical (unpaired) electrons. The van der Waals surface area contributed by atoms with Crippen molar-refractivity contribution in [1.29, 1.82) is 0 Å². The van der Waals surface area contributed by atoms with E-state index in [-0.39, 0.29) is 5.43 Å². The summed E-state index contributed by atoms with van der Waals surface area (Å²) >= 11 is 1.41. The third kappa shape index (κ3) is 3.20. The first-order valence-electron chi connectivity index (χ1n) is 8.11. The summed E-state index contributed by atoms with van der Waals surface area (Å²) in [5.74, 6) is 0.615. The van der Waals surface area contributed by atoms with Gasteiger partial charge in [0.1, 0.15) is 4.70 Å². The number of hydrogen-bond donors (Lipinski definition) is 0. The highest BCUT2D eigenvalue weighted by atomic mass is 32.1. The molecule has 4 heterocycles. The molecular formula is C18H20N2O3S. The van der Waals surface area contributed by atoms with Gasteiger partial charge in [-0.15, -0.1) is 11.3 Å². The third-order valence-corrected chi connectivity index (χ3v) is 4.70. The molecule has 0 aliphatic carbocycles. The summed E-state index contributed by atoms with van der Waals surface area (Å²) in [7, 11) is 0. The predicted molar refractivity (Wildman–Crippen MR) is 98.0 cm³/mol. The van der Waals surface area contributed by atoms with E-state index in [0.29, 0.717) is 29.4 Å². The molecule has 24 heavy (non-hydrogen) atoms. The Hall–Kier alpha value is -2.18. The molecule has 1 aliphatic heterocycles. The summed E-state index contributed by atoms with van der Waals surface area (Å²) in [4.78, 5) is 18.6. The minimum absolute atomic E-state index is 0.00267. The fourth-order valence-corrected chi connectivity index (χ4v) is 3.50. The van der Waals surface area contributed by atoms with Gasteiger partial charge < -0.3 is 14.1 Å². The summed E-state index contributed by atoms with van der Waals surface area (Å²) in [5, 5.41) is 1.95. The SMILES string of the molecule is CC.O=c1cc(N2CCOCC2)oc2c(-c3cccnc3)csc12. The molecule has 1 saturated heterocycles. The Kier molecular flexibility index (Phi) is 5.27. The second kappa shape index (κ2) is 7.59. The van der Waals surface area contributed by atoms with Crippen LogP contribution >= 0.6 is 11.3 Å². The van der Waals surface area contributed by atoms with Crippen LogP contribution in [0.3, 0.4) is 0 Å². The number of anilines is 1. The van der Waals surface area contributed by atoms with Gasteiger partial charge in [-0.05, 0) is 6.07 Å². The van der Waals surface area contributed by atoms with Crippen molar-refractivity contribution < 1.29 is 9.15 Å². The number of thiophene rings is 1. The van der Waals surface area contributed by atoms with Gasteiger partial charge in [0, 0.05) is 48.1 Å². The molecule has 0 unspecified atom stereocenters. The molecule has 0 spiro atoms. The van der Waals surface area contributed by atoms with E-state index in [1.807, 2.05) is 31.4 Å². The van der Waals surface area contributed by atoms with Crippen molar-refractivity contribution in [3.63, 3.8) is 0 Å². The fourth-order valence-electron chi connectivity index (χ4n) is 2.59. The molecule has 6 heteroatoms. The smallest absolute Gasteiger partial charge is 0.204 e. The van der Waals surface area contributed by atoms with Crippen LogP contribution in [0.1, 0.15) is 13.8 Å². The van der Waals surface area contributed by atoms with Crippen molar-refractivity contribution in [2.75, 3.05) is 31.2 Å². The lowest BCUT2D eigenvalue weighted by Crippen LogP contribution is -2.36. The van der Waals surface area contributed by atoms with E-state index >= 15 is 0 Å². The van der Waals surface area contributed by atoms with Gasteiger partial charge in [0.15, 0.2) is 11.5 Å². The fraction of sp³-hybridized carbons (Fsp3) is 0.333. The molecule has 0 amide bonds. The van der Waals surface area contributed by atoms with Crippen LogP contribution in [-0.4, -0.2) is 31.3 Å². The first-order chi connectivity index (χ1) is 11.8. The van der Waals surface area contributed by atoms with Gasteiger partial charge in [-0.1, -0.05) is 19.9 Å². The zero-order chi connectivity index (χ0) is 16.9. The molecule has 1 fully saturated rings. The molecule has 126 valence electrons. The summed E-state index contributed by atoms with van der Waals surface area (Å²) in [6.45, 7) is 6.78. The van der Waals surface area contributed by atoms with Crippen LogP contribution in [0.5, 0.6) is 0 Å². The van der Waals surface area contributed by atoms with Crippen molar-refractivity contribution >= 4 is 27.5 Å². The Labute approximate surface area is 144 Å². The van der Waals surface area contributed by atoms with Gasteiger partial charge in [-0.3, -0.25) is 9.78 Å². The first-order valence-corrected chi connectivity index (χ1v) is 8.99. The van der Waals surface area contributed by atoms with Gasteiger partial charge >= 0.3 is 0 Å². The molecule has 0 N–H and O–H groups in total. The molecule has 5 nitrogen and oxygen atoms in total. The van der Waals surface area contributed by atoms with Crippen LogP contribution in [0, 0.1) is 0 Å². The maximum atomic E-state index is 12.4. The maximum Gasteiger partial charge on any atom is 0.204 e. The van der Waals surface area contributed by atoms with E-state index in [4.69, 9.17) is 9.15 Å². The number of aromatic nitrogens is 1. The predicted octanol–water partition coefficient (Wildman–Crippen LogP) is 3.78. The Balaban J connectivity index is 0.000000815. The molecule has 3 aromatic rings. The van der Waals surface area contributed by atoms with Crippen molar-refractivity contribution in [2.45, 2.75) is 13.8 Å². The van der Waals surface area contributed by atoms with Gasteiger partial charge in [-0.25, -0.2) is 0 Å². The number of hydrogen-bond acceptors (Lipinski definition) is 6. The van der Waals surface area contributed by atoms with Gasteiger partial charge in [-0.2, -0.15) is 0 Å². The van der Waals surface area contributed by atoms with E-state index in [1.165, 1.54) is 11.3 Å². The summed E-state index contributed by atoms with van der Waals surface area (Å²) in [6, 6.07) is 5.43. The summed E-state index contributed by atoms with van der Waals surface area (Å²) in [5.41, 5.74) is 2.52. The number of ether oxygens (including phenoxy) is 1. The Morgan fingerprint density at radius 3 is 2.75 bits per heavy atom. The first kappa shape index (κ1) is 16.7. The average molecular weight is 344 g/mol. The number of pyridine rings is 1. The van der Waals surface area contributed by atoms with Crippen molar-refractivity contribution in [1.82, 2.24) is 4.98 Å². The Morgan fingerprint density at radius 1 is 1.25 bits per heavy atom. The molecule has 0 atom stereocenters. The molecule has 1 aliphatic rings. The normalized spacial score (nSPS) is 14.3. The lowest BCUT2D eigenvalue weighted by Gasteiger charge is -2.27. The number of nitrogens with zero attached hydrogens (tertiary/aromatic N) is 2. The third-order valence-electron chi connectivity index (χ3n) is 3.73. The summed E-state index contributed by atoms with van der Waals surface area (Å²) < 4.78 is 12.1. The van der Waals surface area contributed by atoms with Crippen LogP contribution in [0.2, 0.25) is 0 Å². The summed E-state index contributed by atoms with van der Waals surface area (Å²) in [6.07, 6.45) is 3.51. The number of fused-ring (bicyclic) bond motifs is 1. The van der Waals surface area contributed by atoms with E-state index in [9.17, 15) is 4.79 Å². The van der Waals surface area contributed by atoms with Gasteiger partial charge in [0.25, 0.3) is 0 Å². The largest absolute Gasteiger partial charge is 0.439 e. The average Bonchev–Trinajstić information content (AvgIpc) is 3.09. The van der Waals surface area contributed by atoms with Crippen LogP contribution in [0.15, 0.2) is 45.2 Å². The highest BCUT2D eigenvalue weighted by Gasteiger charge is 2.18. The van der Waals surface area contributed by atoms with E-state index in [1.54, 1.807) is 18.5 Å². The van der Waals surface area contributed by atoms with Crippen molar-refractivity contribution in [3.05, 3.63) is 46.2 Å². The maximum absolute atomic E-state index is 12.4. The monoisotopic (exact) mass is 344 g/mol. The van der Waals surface area contributed by atoms with Crippen LogP contribution in [-0.2, 0) is 4.74 Å². The zero-order valence-corrected chi connectivity index (χ0v) is 14.6.